The van der Waals surface area contributed by atoms with Gasteiger partial charge in [0.25, 0.3) is 0 Å². The number of nitrogens with one attached hydrogen (secondary N) is 1. The highest BCUT2D eigenvalue weighted by molar-refractivity contribution is 5.83. The molecular formula is C14H16N2O4. The molecule has 0 saturated carbocycles. The summed E-state index contributed by atoms with van der Waals surface area (Å²) in [5.74, 6) is 1.29. The third kappa shape index (κ3) is 2.29. The summed E-state index contributed by atoms with van der Waals surface area (Å²) >= 11 is 0. The van der Waals surface area contributed by atoms with Crippen LogP contribution in [-0.2, 0) is 16.1 Å². The second kappa shape index (κ2) is 5.03. The van der Waals surface area contributed by atoms with Gasteiger partial charge < -0.3 is 19.7 Å². The third-order valence-electron chi connectivity index (χ3n) is 3.63. The minimum Gasteiger partial charge on any atom is -0.454 e. The largest absolute Gasteiger partial charge is 0.454 e. The molecule has 3 rings (SSSR count). The molecule has 0 bridgehead atoms. The Balaban J connectivity index is 1.54. The number of carbonyl (C=O) groups excluding carboxylic acids is 2. The van der Waals surface area contributed by atoms with E-state index in [4.69, 9.17) is 9.47 Å². The van der Waals surface area contributed by atoms with Gasteiger partial charge in [-0.1, -0.05) is 12.1 Å². The van der Waals surface area contributed by atoms with Crippen LogP contribution in [0.2, 0.25) is 0 Å². The van der Waals surface area contributed by atoms with E-state index >= 15 is 0 Å². The maximum absolute atomic E-state index is 11.9. The maximum Gasteiger partial charge on any atom is 0.231 e. The van der Waals surface area contributed by atoms with Crippen molar-refractivity contribution in [3.05, 3.63) is 23.8 Å². The second-order valence-corrected chi connectivity index (χ2v) is 4.99. The molecule has 0 spiro atoms. The van der Waals surface area contributed by atoms with Gasteiger partial charge in [-0.25, -0.2) is 0 Å². The van der Waals surface area contributed by atoms with Gasteiger partial charge in [0.1, 0.15) is 0 Å². The Kier molecular flexibility index (Phi) is 3.22. The van der Waals surface area contributed by atoms with Gasteiger partial charge >= 0.3 is 0 Å². The molecule has 0 radical (unpaired) electrons. The van der Waals surface area contributed by atoms with Crippen LogP contribution in [0.25, 0.3) is 0 Å². The van der Waals surface area contributed by atoms with Crippen molar-refractivity contribution < 1.29 is 19.1 Å². The zero-order valence-electron chi connectivity index (χ0n) is 11.2. The Bertz CT molecular complexity index is 552. The van der Waals surface area contributed by atoms with E-state index in [2.05, 4.69) is 5.32 Å². The van der Waals surface area contributed by atoms with E-state index < -0.39 is 0 Å². The summed E-state index contributed by atoms with van der Waals surface area (Å²) in [4.78, 5) is 24.7. The van der Waals surface area contributed by atoms with E-state index in [-0.39, 0.29) is 24.5 Å². The van der Waals surface area contributed by atoms with Gasteiger partial charge in [0.05, 0.1) is 5.92 Å². The lowest BCUT2D eigenvalue weighted by Crippen LogP contribution is -2.55. The lowest BCUT2D eigenvalue weighted by Gasteiger charge is -2.37. The molecule has 0 aliphatic carbocycles. The Labute approximate surface area is 116 Å². The average Bonchev–Trinajstić information content (AvgIpc) is 2.82. The van der Waals surface area contributed by atoms with Gasteiger partial charge in [0.15, 0.2) is 11.5 Å². The molecular weight excluding hydrogens is 260 g/mol. The SMILES string of the molecule is CC(=O)N1CC(C(=O)NCc2cccc3c2OCO3)C1. The average molecular weight is 276 g/mol. The molecule has 0 atom stereocenters. The van der Waals surface area contributed by atoms with Crippen LogP contribution in [0.15, 0.2) is 18.2 Å². The number of benzene rings is 1. The highest BCUT2D eigenvalue weighted by Gasteiger charge is 2.34. The molecule has 1 aromatic carbocycles. The fraction of sp³-hybridized carbons (Fsp3) is 0.429. The van der Waals surface area contributed by atoms with Crippen molar-refractivity contribution in [3.8, 4) is 11.5 Å². The predicted molar refractivity (Wildman–Crippen MR) is 70.2 cm³/mol. The van der Waals surface area contributed by atoms with Crippen LogP contribution < -0.4 is 14.8 Å². The fourth-order valence-corrected chi connectivity index (χ4v) is 2.36. The normalized spacial score (nSPS) is 16.8. The zero-order valence-corrected chi connectivity index (χ0v) is 11.2. The summed E-state index contributed by atoms with van der Waals surface area (Å²) in [5.41, 5.74) is 0.899. The summed E-state index contributed by atoms with van der Waals surface area (Å²) in [5, 5.41) is 2.88. The molecule has 6 nitrogen and oxygen atoms in total. The maximum atomic E-state index is 11.9. The van der Waals surface area contributed by atoms with E-state index in [1.807, 2.05) is 18.2 Å². The zero-order chi connectivity index (χ0) is 14.1. The number of fused-ring (bicyclic) bond motifs is 1. The number of ether oxygens (including phenoxy) is 2. The lowest BCUT2D eigenvalue weighted by atomic mass is 9.99. The lowest BCUT2D eigenvalue weighted by molar-refractivity contribution is -0.141. The van der Waals surface area contributed by atoms with Crippen LogP contribution in [-0.4, -0.2) is 36.6 Å². The van der Waals surface area contributed by atoms with Gasteiger partial charge in [-0.2, -0.15) is 0 Å². The summed E-state index contributed by atoms with van der Waals surface area (Å²) < 4.78 is 10.7. The number of likely N-dealkylation sites (tertiary alicyclic amines) is 1. The number of carbonyl (C=O) groups is 2. The Morgan fingerprint density at radius 1 is 1.35 bits per heavy atom. The molecule has 1 N–H and O–H groups in total. The van der Waals surface area contributed by atoms with Crippen LogP contribution in [0.5, 0.6) is 11.5 Å². The van der Waals surface area contributed by atoms with E-state index in [1.54, 1.807) is 4.90 Å². The number of hydrogen-bond acceptors (Lipinski definition) is 4. The first-order valence-corrected chi connectivity index (χ1v) is 6.56. The van der Waals surface area contributed by atoms with Gasteiger partial charge in [-0.05, 0) is 6.07 Å². The molecule has 106 valence electrons. The first kappa shape index (κ1) is 12.8. The minimum atomic E-state index is -0.104. The van der Waals surface area contributed by atoms with Crippen molar-refractivity contribution in [3.63, 3.8) is 0 Å². The van der Waals surface area contributed by atoms with E-state index in [0.717, 1.165) is 5.56 Å². The molecule has 2 aliphatic rings. The number of para-hydroxylation sites is 1. The van der Waals surface area contributed by atoms with Gasteiger partial charge in [0, 0.05) is 32.1 Å². The summed E-state index contributed by atoms with van der Waals surface area (Å²) in [6.07, 6.45) is 0. The van der Waals surface area contributed by atoms with E-state index in [1.165, 1.54) is 6.92 Å². The van der Waals surface area contributed by atoms with Crippen molar-refractivity contribution >= 4 is 11.8 Å². The van der Waals surface area contributed by atoms with Crippen molar-refractivity contribution in [2.75, 3.05) is 19.9 Å². The molecule has 1 fully saturated rings. The summed E-state index contributed by atoms with van der Waals surface area (Å²) in [7, 11) is 0. The highest BCUT2D eigenvalue weighted by atomic mass is 16.7. The third-order valence-corrected chi connectivity index (χ3v) is 3.63. The number of hydrogen-bond donors (Lipinski definition) is 1. The fourth-order valence-electron chi connectivity index (χ4n) is 2.36. The number of amides is 2. The van der Waals surface area contributed by atoms with Crippen LogP contribution in [0.1, 0.15) is 12.5 Å². The smallest absolute Gasteiger partial charge is 0.231 e. The standard InChI is InChI=1S/C14H16N2O4/c1-9(17)16-6-11(7-16)14(18)15-5-10-3-2-4-12-13(10)20-8-19-12/h2-4,11H,5-8H2,1H3,(H,15,18). The molecule has 2 amide bonds. The van der Waals surface area contributed by atoms with Crippen molar-refractivity contribution in [2.24, 2.45) is 5.92 Å². The van der Waals surface area contributed by atoms with Gasteiger partial charge in [-0.3, -0.25) is 9.59 Å². The van der Waals surface area contributed by atoms with Crippen LogP contribution in [0.3, 0.4) is 0 Å². The van der Waals surface area contributed by atoms with Gasteiger partial charge in [0.2, 0.25) is 18.6 Å². The van der Waals surface area contributed by atoms with Crippen LogP contribution in [0, 0.1) is 5.92 Å². The molecule has 0 aromatic heterocycles. The molecule has 0 unspecified atom stereocenters. The molecule has 20 heavy (non-hydrogen) atoms. The first-order valence-electron chi connectivity index (χ1n) is 6.56. The monoisotopic (exact) mass is 276 g/mol. The summed E-state index contributed by atoms with van der Waals surface area (Å²) in [6.45, 7) is 3.15. The van der Waals surface area contributed by atoms with E-state index in [9.17, 15) is 9.59 Å². The molecule has 2 heterocycles. The quantitative estimate of drug-likeness (QED) is 0.873. The summed E-state index contributed by atoms with van der Waals surface area (Å²) in [6, 6.07) is 5.61. The Morgan fingerprint density at radius 3 is 2.90 bits per heavy atom. The predicted octanol–water partition coefficient (Wildman–Crippen LogP) is 0.510. The topological polar surface area (TPSA) is 67.9 Å². The minimum absolute atomic E-state index is 0.0143. The Morgan fingerprint density at radius 2 is 2.15 bits per heavy atom. The van der Waals surface area contributed by atoms with Crippen LogP contribution >= 0.6 is 0 Å². The highest BCUT2D eigenvalue weighted by Crippen LogP contribution is 2.35. The number of rotatable bonds is 3. The van der Waals surface area contributed by atoms with Crippen LogP contribution in [0.4, 0.5) is 0 Å². The molecule has 2 aliphatic heterocycles. The van der Waals surface area contributed by atoms with Crippen molar-refractivity contribution in [1.82, 2.24) is 10.2 Å². The van der Waals surface area contributed by atoms with Crippen molar-refractivity contribution in [2.45, 2.75) is 13.5 Å². The first-order chi connectivity index (χ1) is 9.65. The number of nitrogens with zero attached hydrogens (tertiary/aromatic N) is 1. The second-order valence-electron chi connectivity index (χ2n) is 4.99. The van der Waals surface area contributed by atoms with Gasteiger partial charge in [-0.15, -0.1) is 0 Å². The Hall–Kier alpha value is -2.24. The van der Waals surface area contributed by atoms with E-state index in [0.29, 0.717) is 31.1 Å². The molecule has 1 saturated heterocycles. The molecule has 6 heteroatoms. The van der Waals surface area contributed by atoms with Crippen molar-refractivity contribution in [1.29, 1.82) is 0 Å². The molecule has 1 aromatic rings.